The number of hydrogen-bond acceptors (Lipinski definition) is 5. The monoisotopic (exact) mass is 471 g/mol. The highest BCUT2D eigenvalue weighted by Crippen LogP contribution is 2.29. The fourth-order valence-corrected chi connectivity index (χ4v) is 4.04. The molecule has 1 atom stereocenters. The smallest absolute Gasteiger partial charge is 0.242 e. The molecule has 2 amide bonds. The number of halogens is 1. The Hall–Kier alpha value is -3.76. The highest BCUT2D eigenvalue weighted by atomic mass is 32.2. The number of sulfonamides is 1. The fourth-order valence-electron chi connectivity index (χ4n) is 2.83. The van der Waals surface area contributed by atoms with Gasteiger partial charge in [-0.2, -0.15) is 4.72 Å². The number of nitrogens with one attached hydrogen (secondary N) is 3. The van der Waals surface area contributed by atoms with E-state index in [2.05, 4.69) is 15.4 Å². The van der Waals surface area contributed by atoms with E-state index in [9.17, 15) is 22.4 Å². The number of hydrogen-bond donors (Lipinski definition) is 3. The zero-order valence-electron chi connectivity index (χ0n) is 17.8. The molecule has 0 bridgehead atoms. The van der Waals surface area contributed by atoms with Crippen molar-refractivity contribution < 1.29 is 27.1 Å². The summed E-state index contributed by atoms with van der Waals surface area (Å²) in [4.78, 5) is 23.7. The van der Waals surface area contributed by atoms with Gasteiger partial charge in [-0.15, -0.1) is 0 Å². The summed E-state index contributed by atoms with van der Waals surface area (Å²) in [6.07, 6.45) is 0. The topological polar surface area (TPSA) is 114 Å². The molecule has 0 fully saturated rings. The number of anilines is 2. The van der Waals surface area contributed by atoms with Crippen molar-refractivity contribution in [2.75, 3.05) is 10.6 Å². The molecule has 3 aromatic rings. The van der Waals surface area contributed by atoms with Gasteiger partial charge in [-0.3, -0.25) is 9.59 Å². The van der Waals surface area contributed by atoms with Crippen molar-refractivity contribution in [1.29, 1.82) is 0 Å². The second-order valence-electron chi connectivity index (χ2n) is 7.09. The summed E-state index contributed by atoms with van der Waals surface area (Å²) >= 11 is 0. The van der Waals surface area contributed by atoms with Crippen molar-refractivity contribution >= 4 is 33.2 Å². The van der Waals surface area contributed by atoms with Crippen LogP contribution in [0.5, 0.6) is 11.5 Å². The maximum absolute atomic E-state index is 13.4. The second-order valence-corrected chi connectivity index (χ2v) is 8.81. The molecular weight excluding hydrogens is 449 g/mol. The molecule has 3 aromatic carbocycles. The quantitative estimate of drug-likeness (QED) is 0.461. The third-order valence-electron chi connectivity index (χ3n) is 4.38. The molecular formula is C23H22FN3O5S. The summed E-state index contributed by atoms with van der Waals surface area (Å²) in [5, 5.41) is 5.16. The number of carbonyl (C=O) groups excluding carboxylic acids is 2. The largest absolute Gasteiger partial charge is 0.455 e. The maximum Gasteiger partial charge on any atom is 0.242 e. The standard InChI is InChI=1S/C23H22FN3O5S/c1-15(27-33(30,31)20-12-10-18(11-13-20)25-16(2)28)23(29)26-21-8-3-4-9-22(21)32-19-7-5-6-17(24)14-19/h3-15,27H,1-2H3,(H,25,28)(H,26,29)/t15-/m0/s1. The van der Waals surface area contributed by atoms with Gasteiger partial charge in [0.1, 0.15) is 11.6 Å². The highest BCUT2D eigenvalue weighted by molar-refractivity contribution is 7.89. The van der Waals surface area contributed by atoms with Crippen LogP contribution in [0, 0.1) is 5.82 Å². The van der Waals surface area contributed by atoms with Crippen LogP contribution >= 0.6 is 0 Å². The van der Waals surface area contributed by atoms with Crippen molar-refractivity contribution in [2.45, 2.75) is 24.8 Å². The van der Waals surface area contributed by atoms with Crippen molar-refractivity contribution in [3.05, 3.63) is 78.6 Å². The number of carbonyl (C=O) groups is 2. The van der Waals surface area contributed by atoms with E-state index >= 15 is 0 Å². The summed E-state index contributed by atoms with van der Waals surface area (Å²) in [6, 6.07) is 16.5. The lowest BCUT2D eigenvalue weighted by molar-refractivity contribution is -0.117. The zero-order valence-corrected chi connectivity index (χ0v) is 18.6. The molecule has 33 heavy (non-hydrogen) atoms. The van der Waals surface area contributed by atoms with Gasteiger partial charge in [-0.1, -0.05) is 18.2 Å². The minimum atomic E-state index is -4.00. The van der Waals surface area contributed by atoms with E-state index in [1.165, 1.54) is 56.3 Å². The first kappa shape index (κ1) is 23.9. The Labute approximate surface area is 190 Å². The van der Waals surface area contributed by atoms with E-state index in [-0.39, 0.29) is 28.0 Å². The lowest BCUT2D eigenvalue weighted by Gasteiger charge is -2.17. The predicted octanol–water partition coefficient (Wildman–Crippen LogP) is 3.88. The van der Waals surface area contributed by atoms with Crippen molar-refractivity contribution in [2.24, 2.45) is 0 Å². The average Bonchev–Trinajstić information content (AvgIpc) is 2.75. The molecule has 0 aromatic heterocycles. The van der Waals surface area contributed by atoms with Gasteiger partial charge in [-0.25, -0.2) is 12.8 Å². The molecule has 0 aliphatic heterocycles. The first-order valence-electron chi connectivity index (χ1n) is 9.87. The van der Waals surface area contributed by atoms with Crippen molar-refractivity contribution in [1.82, 2.24) is 4.72 Å². The van der Waals surface area contributed by atoms with Crippen LogP contribution in [-0.2, 0) is 19.6 Å². The lowest BCUT2D eigenvalue weighted by Crippen LogP contribution is -2.41. The Kier molecular flexibility index (Phi) is 7.41. The summed E-state index contributed by atoms with van der Waals surface area (Å²) in [7, 11) is -4.00. The first-order chi connectivity index (χ1) is 15.6. The second kappa shape index (κ2) is 10.2. The highest BCUT2D eigenvalue weighted by Gasteiger charge is 2.23. The van der Waals surface area contributed by atoms with Crippen LogP contribution in [0.4, 0.5) is 15.8 Å². The Bertz CT molecular complexity index is 1260. The molecule has 0 unspecified atom stereocenters. The van der Waals surface area contributed by atoms with Gasteiger partial charge in [0.2, 0.25) is 21.8 Å². The van der Waals surface area contributed by atoms with Gasteiger partial charge >= 0.3 is 0 Å². The molecule has 172 valence electrons. The summed E-state index contributed by atoms with van der Waals surface area (Å²) < 4.78 is 46.7. The normalized spacial score (nSPS) is 12.0. The van der Waals surface area contributed by atoms with Gasteiger partial charge in [-0.05, 0) is 55.5 Å². The van der Waals surface area contributed by atoms with Crippen molar-refractivity contribution in [3.63, 3.8) is 0 Å². The molecule has 10 heteroatoms. The third kappa shape index (κ3) is 6.61. The zero-order chi connectivity index (χ0) is 24.0. The average molecular weight is 472 g/mol. The van der Waals surface area contributed by atoms with E-state index in [0.717, 1.165) is 0 Å². The van der Waals surface area contributed by atoms with Gasteiger partial charge in [0.25, 0.3) is 0 Å². The van der Waals surface area contributed by atoms with E-state index in [1.807, 2.05) is 0 Å². The predicted molar refractivity (Wildman–Crippen MR) is 122 cm³/mol. The lowest BCUT2D eigenvalue weighted by atomic mass is 10.2. The Balaban J connectivity index is 1.69. The summed E-state index contributed by atoms with van der Waals surface area (Å²) in [5.74, 6) is -0.866. The molecule has 0 radical (unpaired) electrons. The minimum absolute atomic E-state index is 0.0638. The van der Waals surface area contributed by atoms with Gasteiger partial charge in [0.15, 0.2) is 5.75 Å². The Morgan fingerprint density at radius 2 is 1.64 bits per heavy atom. The van der Waals surface area contributed by atoms with Crippen LogP contribution in [0.15, 0.2) is 77.7 Å². The number of rotatable bonds is 8. The molecule has 0 aliphatic rings. The Morgan fingerprint density at radius 3 is 2.30 bits per heavy atom. The molecule has 0 heterocycles. The Morgan fingerprint density at radius 1 is 0.939 bits per heavy atom. The van der Waals surface area contributed by atoms with E-state index < -0.39 is 27.8 Å². The van der Waals surface area contributed by atoms with E-state index in [0.29, 0.717) is 5.69 Å². The SMILES string of the molecule is CC(=O)Nc1ccc(S(=O)(=O)N[C@@H](C)C(=O)Nc2ccccc2Oc2cccc(F)c2)cc1. The van der Waals surface area contributed by atoms with Crippen LogP contribution in [0.2, 0.25) is 0 Å². The number of ether oxygens (including phenoxy) is 1. The first-order valence-corrected chi connectivity index (χ1v) is 11.4. The molecule has 3 rings (SSSR count). The van der Waals surface area contributed by atoms with Crippen molar-refractivity contribution in [3.8, 4) is 11.5 Å². The summed E-state index contributed by atoms with van der Waals surface area (Å²) in [5.41, 5.74) is 0.736. The number of para-hydroxylation sites is 2. The van der Waals surface area contributed by atoms with Crippen LogP contribution in [0.3, 0.4) is 0 Å². The minimum Gasteiger partial charge on any atom is -0.455 e. The molecule has 0 saturated heterocycles. The molecule has 0 spiro atoms. The summed E-state index contributed by atoms with van der Waals surface area (Å²) in [6.45, 7) is 2.74. The molecule has 0 saturated carbocycles. The fraction of sp³-hybridized carbons (Fsp3) is 0.130. The van der Waals surface area contributed by atoms with Crippen LogP contribution in [-0.4, -0.2) is 26.3 Å². The van der Waals surface area contributed by atoms with Crippen LogP contribution in [0.25, 0.3) is 0 Å². The van der Waals surface area contributed by atoms with Crippen LogP contribution in [0.1, 0.15) is 13.8 Å². The van der Waals surface area contributed by atoms with Gasteiger partial charge in [0, 0.05) is 18.7 Å². The third-order valence-corrected chi connectivity index (χ3v) is 5.94. The van der Waals surface area contributed by atoms with E-state index in [4.69, 9.17) is 4.74 Å². The van der Waals surface area contributed by atoms with Gasteiger partial charge in [0.05, 0.1) is 16.6 Å². The molecule has 8 nitrogen and oxygen atoms in total. The van der Waals surface area contributed by atoms with E-state index in [1.54, 1.807) is 30.3 Å². The number of benzene rings is 3. The van der Waals surface area contributed by atoms with Crippen LogP contribution < -0.4 is 20.1 Å². The molecule has 0 aliphatic carbocycles. The number of amides is 2. The maximum atomic E-state index is 13.4. The molecule has 3 N–H and O–H groups in total. The van der Waals surface area contributed by atoms with Gasteiger partial charge < -0.3 is 15.4 Å².